The van der Waals surface area contributed by atoms with Crippen LogP contribution in [0.1, 0.15) is 0 Å². The van der Waals surface area contributed by atoms with Gasteiger partial charge in [-0.05, 0) is 22.4 Å². The molecule has 0 aliphatic rings. The lowest BCUT2D eigenvalue weighted by Gasteiger charge is -1.83. The Morgan fingerprint density at radius 2 is 1.82 bits per heavy atom. The number of hydrogen-bond acceptors (Lipinski definition) is 0. The van der Waals surface area contributed by atoms with E-state index in [-0.39, 0.29) is 0 Å². The minimum absolute atomic E-state index is 1.21. The van der Waals surface area contributed by atoms with E-state index < -0.39 is 0 Å². The summed E-state index contributed by atoms with van der Waals surface area (Å²) in [5, 5.41) is 1.28. The number of hydrogen-bond donors (Lipinski definition) is 1. The van der Waals surface area contributed by atoms with Gasteiger partial charge in [0.25, 0.3) is 0 Å². The van der Waals surface area contributed by atoms with E-state index in [1.807, 2.05) is 23.3 Å². The van der Waals surface area contributed by atoms with Crippen LogP contribution in [0.15, 0.2) is 36.5 Å². The van der Waals surface area contributed by atoms with E-state index in [0.29, 0.717) is 0 Å². The molecule has 1 N–H and O–H groups in total. The maximum absolute atomic E-state index is 3.12. The summed E-state index contributed by atoms with van der Waals surface area (Å²) < 4.78 is 0. The Labute approximate surface area is 80.0 Å². The van der Waals surface area contributed by atoms with Crippen molar-refractivity contribution >= 4 is 33.5 Å². The summed E-state index contributed by atoms with van der Waals surface area (Å²) in [5.74, 6) is 0. The second-order valence-electron chi connectivity index (χ2n) is 2.06. The second-order valence-corrected chi connectivity index (χ2v) is 2.06. The number of aromatic nitrogens is 1. The van der Waals surface area contributed by atoms with Crippen molar-refractivity contribution in [3.63, 3.8) is 0 Å². The van der Waals surface area contributed by atoms with E-state index in [1.165, 1.54) is 10.9 Å². The Balaban J connectivity index is 0.000000281. The van der Waals surface area contributed by atoms with Crippen LogP contribution in [0.2, 0.25) is 0 Å². The Bertz CT molecular complexity index is 284. The molecule has 2 aromatic rings. The van der Waals surface area contributed by atoms with Gasteiger partial charge in [-0.25, -0.2) is 0 Å². The van der Waals surface area contributed by atoms with Gasteiger partial charge in [0, 0.05) is 11.7 Å². The summed E-state index contributed by atoms with van der Waals surface area (Å²) >= 11 is 2.15. The fourth-order valence-electron chi connectivity index (χ4n) is 0.995. The van der Waals surface area contributed by atoms with Crippen molar-refractivity contribution in [1.82, 2.24) is 4.98 Å². The third kappa shape index (κ3) is 1.96. The minimum atomic E-state index is 1.21. The molecule has 0 saturated carbocycles. The number of H-pyrrole nitrogens is 1. The number of aromatic amines is 1. The predicted octanol–water partition coefficient (Wildman–Crippen LogP) is 3.22. The third-order valence-electron chi connectivity index (χ3n) is 1.46. The summed E-state index contributed by atoms with van der Waals surface area (Å²) in [7, 11) is 0. The Morgan fingerprint density at radius 3 is 2.55 bits per heavy atom. The van der Waals surface area contributed by atoms with Crippen molar-refractivity contribution < 1.29 is 0 Å². The highest BCUT2D eigenvalue weighted by Gasteiger charge is 1.86. The van der Waals surface area contributed by atoms with Crippen molar-refractivity contribution in [1.29, 1.82) is 0 Å². The molecular weight excluding hydrogens is 249 g/mol. The van der Waals surface area contributed by atoms with Crippen LogP contribution in [0.25, 0.3) is 10.9 Å². The average molecular weight is 259 g/mol. The van der Waals surface area contributed by atoms with Crippen LogP contribution in [-0.2, 0) is 0 Å². The number of para-hydroxylation sites is 1. The molecule has 2 heteroatoms. The van der Waals surface area contributed by atoms with Gasteiger partial charge in [0.15, 0.2) is 0 Å². The lowest BCUT2D eigenvalue weighted by Crippen LogP contribution is -1.61. The molecule has 1 nitrogen and oxygen atoms in total. The van der Waals surface area contributed by atoms with Gasteiger partial charge in [-0.3, -0.25) is 0 Å². The standard InChI is InChI=1S/C8H7N.CH3I/c1-2-4-8-7(3-1)5-6-9-8;1-2/h1-6,9H;1H3. The normalized spacial score (nSPS) is 8.91. The zero-order valence-corrected chi connectivity index (χ0v) is 8.50. The SMILES string of the molecule is CI.c1ccc2[nH]ccc2c1. The molecule has 1 heterocycles. The van der Waals surface area contributed by atoms with Crippen molar-refractivity contribution in [2.45, 2.75) is 0 Å². The van der Waals surface area contributed by atoms with Gasteiger partial charge < -0.3 is 4.98 Å². The smallest absolute Gasteiger partial charge is 0.0453 e. The van der Waals surface area contributed by atoms with Crippen LogP contribution < -0.4 is 0 Å². The molecule has 0 amide bonds. The topological polar surface area (TPSA) is 15.8 Å². The summed E-state index contributed by atoms with van der Waals surface area (Å²) in [5.41, 5.74) is 1.21. The molecule has 0 aliphatic carbocycles. The highest BCUT2D eigenvalue weighted by Crippen LogP contribution is 2.09. The quantitative estimate of drug-likeness (QED) is 0.552. The molecule has 0 fully saturated rings. The highest BCUT2D eigenvalue weighted by molar-refractivity contribution is 14.1. The summed E-state index contributed by atoms with van der Waals surface area (Å²) in [6.45, 7) is 0. The fourth-order valence-corrected chi connectivity index (χ4v) is 0.995. The summed E-state index contributed by atoms with van der Waals surface area (Å²) in [6, 6.07) is 10.3. The van der Waals surface area contributed by atoms with E-state index in [1.54, 1.807) is 0 Å². The largest absolute Gasteiger partial charge is 0.361 e. The monoisotopic (exact) mass is 259 g/mol. The molecule has 0 radical (unpaired) electrons. The van der Waals surface area contributed by atoms with Gasteiger partial charge in [0.05, 0.1) is 0 Å². The maximum Gasteiger partial charge on any atom is 0.0453 e. The number of halogens is 1. The molecule has 0 atom stereocenters. The first-order valence-corrected chi connectivity index (χ1v) is 5.52. The minimum Gasteiger partial charge on any atom is -0.361 e. The van der Waals surface area contributed by atoms with Crippen LogP contribution in [0.5, 0.6) is 0 Å². The molecule has 2 rings (SSSR count). The number of alkyl halides is 1. The number of benzene rings is 1. The zero-order chi connectivity index (χ0) is 8.10. The van der Waals surface area contributed by atoms with Crippen LogP contribution >= 0.6 is 22.6 Å². The Kier molecular flexibility index (Phi) is 3.42. The van der Waals surface area contributed by atoms with Gasteiger partial charge in [0.2, 0.25) is 0 Å². The van der Waals surface area contributed by atoms with Gasteiger partial charge in [-0.2, -0.15) is 0 Å². The molecule has 0 spiro atoms. The van der Waals surface area contributed by atoms with Gasteiger partial charge in [0.1, 0.15) is 0 Å². The molecule has 58 valence electrons. The first-order chi connectivity index (χ1) is 5.47. The average Bonchev–Trinajstić information content (AvgIpc) is 2.55. The second kappa shape index (κ2) is 4.38. The van der Waals surface area contributed by atoms with Crippen LogP contribution in [-0.4, -0.2) is 9.91 Å². The molecule has 0 bridgehead atoms. The fraction of sp³-hybridized carbons (Fsp3) is 0.111. The van der Waals surface area contributed by atoms with Crippen molar-refractivity contribution in [3.05, 3.63) is 36.5 Å². The van der Waals surface area contributed by atoms with Crippen LogP contribution in [0.4, 0.5) is 0 Å². The van der Waals surface area contributed by atoms with Gasteiger partial charge in [-0.1, -0.05) is 40.8 Å². The van der Waals surface area contributed by atoms with Crippen molar-refractivity contribution in [3.8, 4) is 0 Å². The molecular formula is C9H10IN. The number of nitrogens with one attached hydrogen (secondary N) is 1. The van der Waals surface area contributed by atoms with Gasteiger partial charge >= 0.3 is 0 Å². The number of rotatable bonds is 0. The van der Waals surface area contributed by atoms with E-state index in [9.17, 15) is 0 Å². The lowest BCUT2D eigenvalue weighted by molar-refractivity contribution is 1.48. The Morgan fingerprint density at radius 1 is 1.09 bits per heavy atom. The first-order valence-electron chi connectivity index (χ1n) is 3.37. The highest BCUT2D eigenvalue weighted by atomic mass is 127. The third-order valence-corrected chi connectivity index (χ3v) is 1.46. The summed E-state index contributed by atoms with van der Waals surface area (Å²) in [6.07, 6.45) is 1.95. The molecule has 11 heavy (non-hydrogen) atoms. The first kappa shape index (κ1) is 8.59. The molecule has 0 aliphatic heterocycles. The van der Waals surface area contributed by atoms with E-state index in [4.69, 9.17) is 0 Å². The van der Waals surface area contributed by atoms with E-state index in [0.717, 1.165) is 0 Å². The molecule has 0 unspecified atom stereocenters. The van der Waals surface area contributed by atoms with E-state index >= 15 is 0 Å². The van der Waals surface area contributed by atoms with Crippen LogP contribution in [0, 0.1) is 0 Å². The van der Waals surface area contributed by atoms with Crippen LogP contribution in [0.3, 0.4) is 0 Å². The van der Waals surface area contributed by atoms with Gasteiger partial charge in [-0.15, -0.1) is 0 Å². The number of fused-ring (bicyclic) bond motifs is 1. The lowest BCUT2D eigenvalue weighted by atomic mass is 10.3. The zero-order valence-electron chi connectivity index (χ0n) is 6.34. The molecule has 1 aromatic heterocycles. The molecule has 1 aromatic carbocycles. The van der Waals surface area contributed by atoms with Crippen molar-refractivity contribution in [2.75, 3.05) is 4.93 Å². The molecule has 0 saturated heterocycles. The van der Waals surface area contributed by atoms with E-state index in [2.05, 4.69) is 45.8 Å². The maximum atomic E-state index is 3.12. The summed E-state index contributed by atoms with van der Waals surface area (Å²) in [4.78, 5) is 5.09. The predicted molar refractivity (Wildman–Crippen MR) is 58.2 cm³/mol. The Hall–Kier alpha value is -0.510. The van der Waals surface area contributed by atoms with Crippen molar-refractivity contribution in [2.24, 2.45) is 0 Å².